The molecule has 0 saturated heterocycles. The Kier molecular flexibility index (Phi) is 5.70. The molecule has 2 aromatic carbocycles. The van der Waals surface area contributed by atoms with Gasteiger partial charge in [0.05, 0.1) is 16.1 Å². The Labute approximate surface area is 189 Å². The van der Waals surface area contributed by atoms with E-state index in [1.165, 1.54) is 6.92 Å². The normalized spacial score (nSPS) is 19.8. The first kappa shape index (κ1) is 21.0. The molecule has 2 aliphatic rings. The van der Waals surface area contributed by atoms with Crippen molar-refractivity contribution in [3.63, 3.8) is 0 Å². The number of carbonyl (C=O) groups is 1. The third-order valence-corrected chi connectivity index (χ3v) is 6.77. The summed E-state index contributed by atoms with van der Waals surface area (Å²) in [6.07, 6.45) is 0.778. The Morgan fingerprint density at radius 1 is 1.20 bits per heavy atom. The summed E-state index contributed by atoms with van der Waals surface area (Å²) >= 11 is 18.1. The molecule has 0 aromatic heterocycles. The molecule has 9 heteroatoms. The molecule has 0 fully saturated rings. The van der Waals surface area contributed by atoms with Gasteiger partial charge < -0.3 is 25.2 Å². The molecule has 0 unspecified atom stereocenters. The molecular weight excluding hydrogens is 447 g/mol. The highest BCUT2D eigenvalue weighted by atomic mass is 35.5. The van der Waals surface area contributed by atoms with Gasteiger partial charge in [0.1, 0.15) is 6.10 Å². The lowest BCUT2D eigenvalue weighted by Crippen LogP contribution is -2.46. The molecule has 4 rings (SSSR count). The Morgan fingerprint density at radius 2 is 1.87 bits per heavy atom. The summed E-state index contributed by atoms with van der Waals surface area (Å²) in [6, 6.07) is 7.67. The second kappa shape index (κ2) is 8.13. The van der Waals surface area contributed by atoms with Gasteiger partial charge in [-0.2, -0.15) is 0 Å². The maximum atomic E-state index is 11.6. The van der Waals surface area contributed by atoms with Crippen LogP contribution in [-0.2, 0) is 28.9 Å². The summed E-state index contributed by atoms with van der Waals surface area (Å²) in [5.74, 6) is -1.17. The van der Waals surface area contributed by atoms with Gasteiger partial charge in [0, 0.05) is 26.4 Å². The summed E-state index contributed by atoms with van der Waals surface area (Å²) in [6.45, 7) is 2.29. The van der Waals surface area contributed by atoms with E-state index in [4.69, 9.17) is 40.2 Å². The van der Waals surface area contributed by atoms with Crippen molar-refractivity contribution in [2.45, 2.75) is 38.5 Å². The molecule has 1 aliphatic heterocycles. The van der Waals surface area contributed by atoms with Crippen LogP contribution in [0.2, 0.25) is 10.0 Å². The number of esters is 1. The Bertz CT molecular complexity index is 1050. The maximum absolute atomic E-state index is 11.6. The fourth-order valence-electron chi connectivity index (χ4n) is 4.15. The molecular formula is C21H20Cl2N2O4S. The van der Waals surface area contributed by atoms with E-state index in [-0.39, 0.29) is 28.2 Å². The van der Waals surface area contributed by atoms with Crippen LogP contribution in [0, 0.1) is 0 Å². The number of hydrogen-bond donors (Lipinski definition) is 3. The SMILES string of the molecule is CC(=O)O[C@@H]1Cc2ccccc2[C@@H]1NC(=S)N1CCc2c(Cl)c(O)c(O)c(Cl)c2C1. The van der Waals surface area contributed by atoms with E-state index in [1.54, 1.807) is 0 Å². The van der Waals surface area contributed by atoms with E-state index in [0.717, 1.165) is 11.1 Å². The minimum Gasteiger partial charge on any atom is -0.503 e. The van der Waals surface area contributed by atoms with Gasteiger partial charge >= 0.3 is 5.97 Å². The Hall–Kier alpha value is -2.22. The number of thiocarbonyl (C=S) groups is 1. The van der Waals surface area contributed by atoms with Crippen LogP contribution in [-0.4, -0.2) is 38.8 Å². The minimum atomic E-state index is -0.430. The van der Waals surface area contributed by atoms with Gasteiger partial charge in [0.25, 0.3) is 0 Å². The quantitative estimate of drug-likeness (QED) is 0.352. The van der Waals surface area contributed by atoms with Crippen LogP contribution in [0.15, 0.2) is 24.3 Å². The van der Waals surface area contributed by atoms with Crippen LogP contribution < -0.4 is 5.32 Å². The van der Waals surface area contributed by atoms with Crippen molar-refractivity contribution in [2.75, 3.05) is 6.54 Å². The summed E-state index contributed by atoms with van der Waals surface area (Å²) in [4.78, 5) is 13.5. The highest BCUT2D eigenvalue weighted by molar-refractivity contribution is 7.80. The molecule has 0 bridgehead atoms. The number of nitrogens with one attached hydrogen (secondary N) is 1. The second-order valence-corrected chi connectivity index (χ2v) is 8.57. The average Bonchev–Trinajstić information content (AvgIpc) is 3.06. The van der Waals surface area contributed by atoms with Crippen LogP contribution in [0.3, 0.4) is 0 Å². The zero-order valence-electron chi connectivity index (χ0n) is 16.1. The number of phenols is 2. The molecule has 0 amide bonds. The second-order valence-electron chi connectivity index (χ2n) is 7.43. The molecule has 6 nitrogen and oxygen atoms in total. The van der Waals surface area contributed by atoms with Crippen LogP contribution in [0.4, 0.5) is 0 Å². The average molecular weight is 467 g/mol. The summed E-state index contributed by atoms with van der Waals surface area (Å²) in [5.41, 5.74) is 3.51. The fraction of sp³-hybridized carbons (Fsp3) is 0.333. The van der Waals surface area contributed by atoms with Gasteiger partial charge in [-0.15, -0.1) is 0 Å². The number of hydrogen-bond acceptors (Lipinski definition) is 5. The van der Waals surface area contributed by atoms with Gasteiger partial charge in [-0.05, 0) is 40.9 Å². The van der Waals surface area contributed by atoms with Crippen LogP contribution in [0.5, 0.6) is 11.5 Å². The number of phenolic OH excluding ortho intramolecular Hbond substituents is 2. The first-order valence-corrected chi connectivity index (χ1v) is 10.7. The lowest BCUT2D eigenvalue weighted by Gasteiger charge is -2.34. The van der Waals surface area contributed by atoms with Crippen LogP contribution in [0.25, 0.3) is 0 Å². The fourth-order valence-corrected chi connectivity index (χ4v) is 4.99. The number of fused-ring (bicyclic) bond motifs is 2. The van der Waals surface area contributed by atoms with Crippen molar-refractivity contribution in [3.8, 4) is 11.5 Å². The Balaban J connectivity index is 1.57. The monoisotopic (exact) mass is 466 g/mol. The summed E-state index contributed by atoms with van der Waals surface area (Å²) in [5, 5.41) is 24.0. The highest BCUT2D eigenvalue weighted by Gasteiger charge is 2.36. The molecule has 0 saturated carbocycles. The molecule has 0 spiro atoms. The highest BCUT2D eigenvalue weighted by Crippen LogP contribution is 2.46. The molecule has 1 heterocycles. The van der Waals surface area contributed by atoms with Gasteiger partial charge in [0.15, 0.2) is 16.6 Å². The van der Waals surface area contributed by atoms with E-state index >= 15 is 0 Å². The maximum Gasteiger partial charge on any atom is 0.302 e. The largest absolute Gasteiger partial charge is 0.503 e. The standard InChI is InChI=1S/C21H20Cl2N2O4S/c1-10(26)29-15-8-11-4-2-3-5-12(11)18(15)24-21(30)25-7-6-13-14(9-25)17(23)20(28)19(27)16(13)22/h2-5,15,18,27-28H,6-9H2,1H3,(H,24,30)/t15-,18+/m1/s1. The van der Waals surface area contributed by atoms with Gasteiger partial charge in [-0.3, -0.25) is 4.79 Å². The van der Waals surface area contributed by atoms with Crippen molar-refractivity contribution in [3.05, 3.63) is 56.6 Å². The number of rotatable bonds is 2. The van der Waals surface area contributed by atoms with Crippen molar-refractivity contribution in [1.29, 1.82) is 0 Å². The predicted molar refractivity (Wildman–Crippen MR) is 118 cm³/mol. The molecule has 1 aliphatic carbocycles. The van der Waals surface area contributed by atoms with E-state index < -0.39 is 11.5 Å². The first-order valence-electron chi connectivity index (χ1n) is 9.49. The lowest BCUT2D eigenvalue weighted by atomic mass is 9.98. The van der Waals surface area contributed by atoms with Crippen molar-refractivity contribution in [2.24, 2.45) is 0 Å². The van der Waals surface area contributed by atoms with E-state index in [0.29, 0.717) is 42.2 Å². The zero-order chi connectivity index (χ0) is 21.6. The third-order valence-electron chi connectivity index (χ3n) is 5.58. The molecule has 2 aromatic rings. The van der Waals surface area contributed by atoms with Crippen molar-refractivity contribution in [1.82, 2.24) is 10.2 Å². The lowest BCUT2D eigenvalue weighted by molar-refractivity contribution is -0.147. The smallest absolute Gasteiger partial charge is 0.302 e. The molecule has 2 atom stereocenters. The Morgan fingerprint density at radius 3 is 2.57 bits per heavy atom. The minimum absolute atomic E-state index is 0.0726. The number of aromatic hydroxyl groups is 2. The molecule has 3 N–H and O–H groups in total. The number of halogens is 2. The van der Waals surface area contributed by atoms with Crippen LogP contribution in [0.1, 0.15) is 35.2 Å². The topological polar surface area (TPSA) is 82.0 Å². The zero-order valence-corrected chi connectivity index (χ0v) is 18.4. The molecule has 30 heavy (non-hydrogen) atoms. The van der Waals surface area contributed by atoms with Crippen molar-refractivity contribution >= 4 is 46.5 Å². The van der Waals surface area contributed by atoms with Crippen LogP contribution >= 0.6 is 35.4 Å². The third kappa shape index (κ3) is 3.66. The number of carbonyl (C=O) groups excluding carboxylic acids is 1. The van der Waals surface area contributed by atoms with E-state index in [1.807, 2.05) is 29.2 Å². The summed E-state index contributed by atoms with van der Waals surface area (Å²) in [7, 11) is 0. The number of ether oxygens (including phenoxy) is 1. The van der Waals surface area contributed by atoms with Gasteiger partial charge in [-0.1, -0.05) is 47.5 Å². The molecule has 0 radical (unpaired) electrons. The molecule has 158 valence electrons. The van der Waals surface area contributed by atoms with E-state index in [9.17, 15) is 15.0 Å². The number of benzene rings is 2. The summed E-state index contributed by atoms with van der Waals surface area (Å²) < 4.78 is 5.54. The number of nitrogens with zero attached hydrogens (tertiary/aromatic N) is 1. The first-order chi connectivity index (χ1) is 14.3. The van der Waals surface area contributed by atoms with Gasteiger partial charge in [0.2, 0.25) is 0 Å². The van der Waals surface area contributed by atoms with E-state index in [2.05, 4.69) is 5.32 Å². The van der Waals surface area contributed by atoms with Crippen molar-refractivity contribution < 1.29 is 19.7 Å². The van der Waals surface area contributed by atoms with Gasteiger partial charge in [-0.25, -0.2) is 0 Å². The predicted octanol–water partition coefficient (Wildman–Crippen LogP) is 3.87.